The molecule has 0 bridgehead atoms. The van der Waals surface area contributed by atoms with Gasteiger partial charge >= 0.3 is 12.0 Å². The molecule has 21 heavy (non-hydrogen) atoms. The van der Waals surface area contributed by atoms with Crippen molar-refractivity contribution in [3.63, 3.8) is 0 Å². The summed E-state index contributed by atoms with van der Waals surface area (Å²) in [6, 6.07) is -0.118. The zero-order chi connectivity index (χ0) is 15.5. The quantitative estimate of drug-likeness (QED) is 0.869. The number of rotatable bonds is 3. The number of thioether (sulfide) groups is 1. The van der Waals surface area contributed by atoms with Gasteiger partial charge in [-0.05, 0) is 18.3 Å². The number of carbonyl (C=O) groups excluding carboxylic acids is 1. The fourth-order valence-corrected chi connectivity index (χ4v) is 4.11. The molecule has 0 aliphatic carbocycles. The van der Waals surface area contributed by atoms with Crippen LogP contribution in [0, 0.1) is 5.41 Å². The molecule has 0 spiro atoms. The van der Waals surface area contributed by atoms with Gasteiger partial charge in [0.25, 0.3) is 0 Å². The zero-order valence-electron chi connectivity index (χ0n) is 13.0. The fourth-order valence-electron chi connectivity index (χ4n) is 3.05. The van der Waals surface area contributed by atoms with E-state index in [2.05, 4.69) is 13.8 Å². The van der Waals surface area contributed by atoms with Crippen LogP contribution < -0.4 is 0 Å². The fraction of sp³-hybridized carbons (Fsp3) is 0.867. The summed E-state index contributed by atoms with van der Waals surface area (Å²) in [5.74, 6) is 0.818. The number of nitrogens with zero attached hydrogens (tertiary/aromatic N) is 2. The Hall–Kier alpha value is -0.910. The minimum Gasteiger partial charge on any atom is -0.481 e. The summed E-state index contributed by atoms with van der Waals surface area (Å²) in [4.78, 5) is 27.4. The molecule has 2 aliphatic rings. The van der Waals surface area contributed by atoms with E-state index in [0.717, 1.165) is 43.9 Å². The van der Waals surface area contributed by atoms with Gasteiger partial charge in [-0.25, -0.2) is 4.79 Å². The van der Waals surface area contributed by atoms with E-state index in [9.17, 15) is 9.59 Å². The molecular weight excluding hydrogens is 288 g/mol. The van der Waals surface area contributed by atoms with E-state index in [-0.39, 0.29) is 18.5 Å². The number of urea groups is 1. The second kappa shape index (κ2) is 6.90. The number of likely N-dealkylation sites (tertiary alicyclic amines) is 1. The molecule has 0 aromatic rings. The van der Waals surface area contributed by atoms with Crippen LogP contribution >= 0.6 is 11.8 Å². The SMILES string of the molecule is CCC1(C)CCN(C(=O)N2CCSCC2CC(=O)O)CC1. The van der Waals surface area contributed by atoms with E-state index >= 15 is 0 Å². The summed E-state index contributed by atoms with van der Waals surface area (Å²) in [6.45, 7) is 6.77. The standard InChI is InChI=1S/C15H26N2O3S/c1-3-15(2)4-6-16(7-5-15)14(20)17-8-9-21-11-12(17)10-13(18)19/h12H,3-11H2,1-2H3,(H,18,19). The van der Waals surface area contributed by atoms with Crippen LogP contribution in [0.3, 0.4) is 0 Å². The van der Waals surface area contributed by atoms with E-state index < -0.39 is 5.97 Å². The normalized spacial score (nSPS) is 25.7. The van der Waals surface area contributed by atoms with Crippen molar-refractivity contribution in [1.29, 1.82) is 0 Å². The van der Waals surface area contributed by atoms with E-state index in [0.29, 0.717) is 12.0 Å². The number of hydrogen-bond acceptors (Lipinski definition) is 3. The Balaban J connectivity index is 1.96. The highest BCUT2D eigenvalue weighted by Gasteiger charge is 2.35. The maximum Gasteiger partial charge on any atom is 0.320 e. The minimum atomic E-state index is -0.822. The smallest absolute Gasteiger partial charge is 0.320 e. The van der Waals surface area contributed by atoms with Crippen LogP contribution in [-0.2, 0) is 4.79 Å². The Morgan fingerprint density at radius 3 is 2.52 bits per heavy atom. The van der Waals surface area contributed by atoms with Crippen molar-refractivity contribution in [3.8, 4) is 0 Å². The third-order valence-electron chi connectivity index (χ3n) is 4.98. The van der Waals surface area contributed by atoms with Gasteiger partial charge in [0.05, 0.1) is 12.5 Å². The molecule has 6 heteroatoms. The first-order chi connectivity index (χ1) is 9.95. The van der Waals surface area contributed by atoms with Crippen LogP contribution in [-0.4, -0.2) is 64.1 Å². The van der Waals surface area contributed by atoms with Gasteiger partial charge in [0, 0.05) is 31.1 Å². The van der Waals surface area contributed by atoms with E-state index in [1.165, 1.54) is 0 Å². The third-order valence-corrected chi connectivity index (χ3v) is 6.07. The summed E-state index contributed by atoms with van der Waals surface area (Å²) in [5.41, 5.74) is 0.356. The average molecular weight is 314 g/mol. The molecule has 2 saturated heterocycles. The lowest BCUT2D eigenvalue weighted by Gasteiger charge is -2.43. The lowest BCUT2D eigenvalue weighted by atomic mass is 9.78. The first-order valence-corrected chi connectivity index (χ1v) is 8.96. The molecule has 0 saturated carbocycles. The molecule has 0 aromatic heterocycles. The van der Waals surface area contributed by atoms with Gasteiger partial charge in [-0.1, -0.05) is 20.3 Å². The first kappa shape index (κ1) is 16.5. The van der Waals surface area contributed by atoms with Crippen molar-refractivity contribution < 1.29 is 14.7 Å². The van der Waals surface area contributed by atoms with Crippen LogP contribution in [0.25, 0.3) is 0 Å². The van der Waals surface area contributed by atoms with Crippen LogP contribution in [0.1, 0.15) is 39.5 Å². The predicted molar refractivity (Wildman–Crippen MR) is 84.7 cm³/mol. The van der Waals surface area contributed by atoms with Gasteiger partial charge < -0.3 is 14.9 Å². The number of amides is 2. The van der Waals surface area contributed by atoms with Crippen molar-refractivity contribution in [2.24, 2.45) is 5.41 Å². The molecule has 2 heterocycles. The van der Waals surface area contributed by atoms with E-state index in [1.807, 2.05) is 4.90 Å². The summed E-state index contributed by atoms with van der Waals surface area (Å²) >= 11 is 1.74. The van der Waals surface area contributed by atoms with Gasteiger partial charge in [0.1, 0.15) is 0 Å². The van der Waals surface area contributed by atoms with E-state index in [4.69, 9.17) is 5.11 Å². The lowest BCUT2D eigenvalue weighted by Crippen LogP contribution is -2.54. The van der Waals surface area contributed by atoms with Crippen molar-refractivity contribution in [3.05, 3.63) is 0 Å². The van der Waals surface area contributed by atoms with Crippen molar-refractivity contribution >= 4 is 23.8 Å². The molecular formula is C15H26N2O3S. The monoisotopic (exact) mass is 314 g/mol. The number of carboxylic acids is 1. The Kier molecular flexibility index (Phi) is 5.41. The Morgan fingerprint density at radius 2 is 1.95 bits per heavy atom. The molecule has 120 valence electrons. The van der Waals surface area contributed by atoms with Gasteiger partial charge in [-0.2, -0.15) is 11.8 Å². The Labute approximate surface area is 131 Å². The molecule has 2 fully saturated rings. The lowest BCUT2D eigenvalue weighted by molar-refractivity contribution is -0.138. The van der Waals surface area contributed by atoms with Gasteiger partial charge in [0.15, 0.2) is 0 Å². The highest BCUT2D eigenvalue weighted by atomic mass is 32.2. The first-order valence-electron chi connectivity index (χ1n) is 7.80. The third kappa shape index (κ3) is 4.05. The highest BCUT2D eigenvalue weighted by molar-refractivity contribution is 7.99. The van der Waals surface area contributed by atoms with Gasteiger partial charge in [0.2, 0.25) is 0 Å². The van der Waals surface area contributed by atoms with Gasteiger partial charge in [-0.15, -0.1) is 0 Å². The number of carboxylic acid groups (broad SMARTS) is 1. The second-order valence-electron chi connectivity index (χ2n) is 6.45. The zero-order valence-corrected chi connectivity index (χ0v) is 13.8. The summed E-state index contributed by atoms with van der Waals surface area (Å²) in [7, 11) is 0. The Bertz CT molecular complexity index is 394. The largest absolute Gasteiger partial charge is 0.481 e. The Morgan fingerprint density at radius 1 is 1.29 bits per heavy atom. The van der Waals surface area contributed by atoms with E-state index in [1.54, 1.807) is 16.7 Å². The average Bonchev–Trinajstić information content (AvgIpc) is 2.47. The second-order valence-corrected chi connectivity index (χ2v) is 7.60. The molecule has 0 radical (unpaired) electrons. The molecule has 2 rings (SSSR count). The summed E-state index contributed by atoms with van der Waals surface area (Å²) < 4.78 is 0. The maximum absolute atomic E-state index is 12.7. The van der Waals surface area contributed by atoms with Crippen LogP contribution in [0.2, 0.25) is 0 Å². The van der Waals surface area contributed by atoms with Crippen molar-refractivity contribution in [2.75, 3.05) is 31.1 Å². The predicted octanol–water partition coefficient (Wildman–Crippen LogP) is 2.51. The summed E-state index contributed by atoms with van der Waals surface area (Å²) in [5, 5.41) is 9.02. The molecule has 2 amide bonds. The molecule has 2 aliphatic heterocycles. The van der Waals surface area contributed by atoms with Crippen molar-refractivity contribution in [2.45, 2.75) is 45.6 Å². The number of carbonyl (C=O) groups is 2. The molecule has 1 N–H and O–H groups in total. The van der Waals surface area contributed by atoms with Crippen LogP contribution in [0.5, 0.6) is 0 Å². The molecule has 5 nitrogen and oxygen atoms in total. The van der Waals surface area contributed by atoms with Gasteiger partial charge in [-0.3, -0.25) is 4.79 Å². The highest BCUT2D eigenvalue weighted by Crippen LogP contribution is 2.34. The topological polar surface area (TPSA) is 60.9 Å². The number of piperidine rings is 1. The molecule has 1 unspecified atom stereocenters. The summed E-state index contributed by atoms with van der Waals surface area (Å²) in [6.07, 6.45) is 3.29. The number of aliphatic carboxylic acids is 1. The molecule has 0 aromatic carbocycles. The van der Waals surface area contributed by atoms with Crippen molar-refractivity contribution in [1.82, 2.24) is 9.80 Å². The van der Waals surface area contributed by atoms with Crippen LogP contribution in [0.15, 0.2) is 0 Å². The maximum atomic E-state index is 12.7. The minimum absolute atomic E-state index is 0.0414. The number of hydrogen-bond donors (Lipinski definition) is 1. The van der Waals surface area contributed by atoms with Crippen LogP contribution in [0.4, 0.5) is 4.79 Å². The molecule has 1 atom stereocenters.